The van der Waals surface area contributed by atoms with Crippen LogP contribution in [0.4, 0.5) is 0 Å². The Kier molecular flexibility index (Phi) is 8.52. The van der Waals surface area contributed by atoms with Crippen molar-refractivity contribution in [1.82, 2.24) is 0 Å². The number of esters is 2. The van der Waals surface area contributed by atoms with Crippen molar-refractivity contribution in [3.63, 3.8) is 0 Å². The highest BCUT2D eigenvalue weighted by Crippen LogP contribution is 2.21. The number of carbonyl (C=O) groups is 2. The first-order chi connectivity index (χ1) is 9.46. The zero-order valence-electron chi connectivity index (χ0n) is 14.1. The van der Waals surface area contributed by atoms with Gasteiger partial charge in [0.25, 0.3) is 0 Å². The summed E-state index contributed by atoms with van der Waals surface area (Å²) in [4.78, 5) is 24.4. The predicted octanol–water partition coefficient (Wildman–Crippen LogP) is 4.24. The van der Waals surface area contributed by atoms with Crippen molar-refractivity contribution in [3.05, 3.63) is 0 Å². The average Bonchev–Trinajstić information content (AvgIpc) is 2.23. The Labute approximate surface area is 137 Å². The zero-order valence-corrected chi connectivity index (χ0v) is 15.7. The first kappa shape index (κ1) is 20.4. The van der Waals surface area contributed by atoms with Crippen LogP contribution < -0.4 is 0 Å². The minimum Gasteiger partial charge on any atom is -0.459 e. The van der Waals surface area contributed by atoms with Gasteiger partial charge in [0.1, 0.15) is 11.2 Å². The van der Waals surface area contributed by atoms with Crippen molar-refractivity contribution in [1.29, 1.82) is 0 Å². The fraction of sp³-hybridized carbons (Fsp3) is 0.875. The summed E-state index contributed by atoms with van der Waals surface area (Å²) in [5.41, 5.74) is -1.21. The van der Waals surface area contributed by atoms with E-state index in [2.05, 4.69) is 15.9 Å². The zero-order chi connectivity index (χ0) is 16.7. The summed E-state index contributed by atoms with van der Waals surface area (Å²) in [6, 6.07) is 0. The summed E-state index contributed by atoms with van der Waals surface area (Å²) in [7, 11) is 0. The molecular formula is C16H29BrO4. The van der Waals surface area contributed by atoms with Crippen LogP contribution in [-0.2, 0) is 19.1 Å². The summed E-state index contributed by atoms with van der Waals surface area (Å²) >= 11 is 3.37. The van der Waals surface area contributed by atoms with Gasteiger partial charge in [-0.25, -0.2) is 0 Å². The molecule has 0 unspecified atom stereocenters. The topological polar surface area (TPSA) is 52.6 Å². The molecule has 0 aromatic rings. The van der Waals surface area contributed by atoms with Crippen LogP contribution >= 0.6 is 15.9 Å². The van der Waals surface area contributed by atoms with E-state index in [0.29, 0.717) is 6.42 Å². The maximum absolute atomic E-state index is 12.2. The SMILES string of the molecule is CC(C)(C)OC(=O)C(CCCCCBr)C(=O)OC(C)(C)C. The van der Waals surface area contributed by atoms with Gasteiger partial charge in [-0.2, -0.15) is 0 Å². The van der Waals surface area contributed by atoms with Gasteiger partial charge in [-0.3, -0.25) is 9.59 Å². The summed E-state index contributed by atoms with van der Waals surface area (Å²) < 4.78 is 10.7. The lowest BCUT2D eigenvalue weighted by molar-refractivity contribution is -0.174. The van der Waals surface area contributed by atoms with Gasteiger partial charge in [-0.1, -0.05) is 28.8 Å². The minimum atomic E-state index is -0.834. The van der Waals surface area contributed by atoms with E-state index in [9.17, 15) is 9.59 Å². The lowest BCUT2D eigenvalue weighted by atomic mass is 10.0. The smallest absolute Gasteiger partial charge is 0.320 e. The van der Waals surface area contributed by atoms with Gasteiger partial charge in [-0.15, -0.1) is 0 Å². The number of hydrogen-bond donors (Lipinski definition) is 0. The number of halogens is 1. The molecule has 124 valence electrons. The van der Waals surface area contributed by atoms with E-state index in [1.807, 2.05) is 0 Å². The molecule has 0 fully saturated rings. The maximum atomic E-state index is 12.2. The molecule has 0 spiro atoms. The molecule has 0 bridgehead atoms. The first-order valence-electron chi connectivity index (χ1n) is 7.48. The summed E-state index contributed by atoms with van der Waals surface area (Å²) in [6.45, 7) is 10.8. The molecule has 0 N–H and O–H groups in total. The average molecular weight is 365 g/mol. The molecule has 21 heavy (non-hydrogen) atoms. The highest BCUT2D eigenvalue weighted by molar-refractivity contribution is 9.09. The van der Waals surface area contributed by atoms with Gasteiger partial charge in [0.2, 0.25) is 0 Å². The second-order valence-corrected chi connectivity index (χ2v) is 7.95. The molecule has 0 aliphatic rings. The largest absolute Gasteiger partial charge is 0.459 e. The number of carbonyl (C=O) groups excluding carboxylic acids is 2. The second kappa shape index (κ2) is 8.76. The van der Waals surface area contributed by atoms with Gasteiger partial charge in [-0.05, 0) is 54.4 Å². The van der Waals surface area contributed by atoms with E-state index in [0.717, 1.165) is 24.6 Å². The molecule has 0 aliphatic heterocycles. The Morgan fingerprint density at radius 3 is 1.62 bits per heavy atom. The highest BCUT2D eigenvalue weighted by Gasteiger charge is 2.34. The van der Waals surface area contributed by atoms with Gasteiger partial charge in [0.15, 0.2) is 5.92 Å². The van der Waals surface area contributed by atoms with Crippen LogP contribution in [-0.4, -0.2) is 28.5 Å². The fourth-order valence-corrected chi connectivity index (χ4v) is 2.09. The Morgan fingerprint density at radius 1 is 0.857 bits per heavy atom. The van der Waals surface area contributed by atoms with E-state index in [1.165, 1.54) is 0 Å². The van der Waals surface area contributed by atoms with E-state index >= 15 is 0 Å². The second-order valence-electron chi connectivity index (χ2n) is 7.16. The number of ether oxygens (including phenoxy) is 2. The van der Waals surface area contributed by atoms with E-state index in [1.54, 1.807) is 41.5 Å². The number of rotatable bonds is 7. The molecule has 0 amide bonds. The fourth-order valence-electron chi connectivity index (χ4n) is 1.70. The molecule has 0 saturated heterocycles. The molecule has 4 nitrogen and oxygen atoms in total. The highest BCUT2D eigenvalue weighted by atomic mass is 79.9. The maximum Gasteiger partial charge on any atom is 0.320 e. The molecule has 0 heterocycles. The molecule has 0 aromatic carbocycles. The third kappa shape index (κ3) is 10.7. The Hall–Kier alpha value is -0.580. The molecule has 0 aliphatic carbocycles. The third-order valence-corrected chi connectivity index (χ3v) is 3.07. The van der Waals surface area contributed by atoms with Crippen LogP contribution in [0.1, 0.15) is 67.2 Å². The van der Waals surface area contributed by atoms with Crippen LogP contribution in [0.2, 0.25) is 0 Å². The van der Waals surface area contributed by atoms with Crippen molar-refractivity contribution < 1.29 is 19.1 Å². The van der Waals surface area contributed by atoms with Gasteiger partial charge in [0.05, 0.1) is 0 Å². The molecule has 5 heteroatoms. The van der Waals surface area contributed by atoms with Crippen LogP contribution in [0, 0.1) is 5.92 Å². The summed E-state index contributed by atoms with van der Waals surface area (Å²) in [5, 5.41) is 0.927. The Bertz CT molecular complexity index is 311. The normalized spacial score (nSPS) is 12.4. The van der Waals surface area contributed by atoms with Crippen molar-refractivity contribution in [2.24, 2.45) is 5.92 Å². The Morgan fingerprint density at radius 2 is 1.29 bits per heavy atom. The van der Waals surface area contributed by atoms with Crippen LogP contribution in [0.25, 0.3) is 0 Å². The summed E-state index contributed by atoms with van der Waals surface area (Å²) in [5.74, 6) is -1.81. The molecular weight excluding hydrogens is 336 g/mol. The summed E-state index contributed by atoms with van der Waals surface area (Å²) in [6.07, 6.45) is 3.26. The van der Waals surface area contributed by atoms with Crippen LogP contribution in [0.15, 0.2) is 0 Å². The van der Waals surface area contributed by atoms with Crippen LogP contribution in [0.3, 0.4) is 0 Å². The quantitative estimate of drug-likeness (QED) is 0.293. The molecule has 0 atom stereocenters. The lowest BCUT2D eigenvalue weighted by Gasteiger charge is -2.26. The van der Waals surface area contributed by atoms with Crippen molar-refractivity contribution in [2.75, 3.05) is 5.33 Å². The van der Waals surface area contributed by atoms with Crippen molar-refractivity contribution in [3.8, 4) is 0 Å². The molecule has 0 saturated carbocycles. The van der Waals surface area contributed by atoms with Crippen LogP contribution in [0.5, 0.6) is 0 Å². The lowest BCUT2D eigenvalue weighted by Crippen LogP contribution is -2.36. The number of unbranched alkanes of at least 4 members (excludes halogenated alkanes) is 2. The van der Waals surface area contributed by atoms with Gasteiger partial charge >= 0.3 is 11.9 Å². The number of alkyl halides is 1. The van der Waals surface area contributed by atoms with Crippen molar-refractivity contribution in [2.45, 2.75) is 78.4 Å². The monoisotopic (exact) mass is 364 g/mol. The van der Waals surface area contributed by atoms with Gasteiger partial charge < -0.3 is 9.47 Å². The third-order valence-electron chi connectivity index (χ3n) is 2.51. The van der Waals surface area contributed by atoms with Gasteiger partial charge in [0, 0.05) is 5.33 Å². The van der Waals surface area contributed by atoms with E-state index < -0.39 is 29.1 Å². The first-order valence-corrected chi connectivity index (χ1v) is 8.60. The van der Waals surface area contributed by atoms with E-state index in [4.69, 9.17) is 9.47 Å². The minimum absolute atomic E-state index is 0.469. The van der Waals surface area contributed by atoms with Crippen molar-refractivity contribution >= 4 is 27.9 Å². The Balaban J connectivity index is 4.75. The predicted molar refractivity (Wildman–Crippen MR) is 87.4 cm³/mol. The molecule has 0 aromatic heterocycles. The standard InChI is InChI=1S/C16H29BrO4/c1-15(2,3)20-13(18)12(10-8-7-9-11-17)14(19)21-16(4,5)6/h12H,7-11H2,1-6H3. The molecule has 0 radical (unpaired) electrons. The number of hydrogen-bond acceptors (Lipinski definition) is 4. The molecule has 0 rings (SSSR count). The van der Waals surface area contributed by atoms with E-state index in [-0.39, 0.29) is 0 Å².